The number of hydrogen-bond donors (Lipinski definition) is 1. The second-order valence-corrected chi connectivity index (χ2v) is 5.72. The predicted molar refractivity (Wildman–Crippen MR) is 76.8 cm³/mol. The molecule has 0 bridgehead atoms. The molecular formula is C14H20BrNO2. The van der Waals surface area contributed by atoms with Crippen molar-refractivity contribution in [1.82, 2.24) is 5.32 Å². The summed E-state index contributed by atoms with van der Waals surface area (Å²) in [6.07, 6.45) is -0.489. The van der Waals surface area contributed by atoms with Crippen LogP contribution in [0.25, 0.3) is 0 Å². The second-order valence-electron chi connectivity index (χ2n) is 4.81. The number of benzene rings is 1. The summed E-state index contributed by atoms with van der Waals surface area (Å²) in [5, 5.41) is 2.86. The van der Waals surface area contributed by atoms with Crippen molar-refractivity contribution in [1.29, 1.82) is 0 Å². The van der Waals surface area contributed by atoms with Crippen LogP contribution in [-0.2, 0) is 4.79 Å². The Labute approximate surface area is 117 Å². The first-order valence-electron chi connectivity index (χ1n) is 6.10. The van der Waals surface area contributed by atoms with E-state index < -0.39 is 6.10 Å². The molecule has 0 aliphatic carbocycles. The fourth-order valence-electron chi connectivity index (χ4n) is 1.39. The van der Waals surface area contributed by atoms with Crippen LogP contribution < -0.4 is 10.1 Å². The first kappa shape index (κ1) is 15.0. The molecule has 0 aliphatic rings. The number of halogens is 1. The van der Waals surface area contributed by atoms with Crippen molar-refractivity contribution in [3.63, 3.8) is 0 Å². The van der Waals surface area contributed by atoms with Crippen molar-refractivity contribution >= 4 is 21.8 Å². The van der Waals surface area contributed by atoms with Gasteiger partial charge in [0.1, 0.15) is 5.75 Å². The molecule has 0 fully saturated rings. The molecule has 4 heteroatoms. The Morgan fingerprint density at radius 1 is 1.39 bits per heavy atom. The van der Waals surface area contributed by atoms with Crippen molar-refractivity contribution in [2.75, 3.05) is 6.54 Å². The predicted octanol–water partition coefficient (Wildman–Crippen LogP) is 3.30. The number of hydrogen-bond acceptors (Lipinski definition) is 2. The molecule has 1 atom stereocenters. The number of amides is 1. The summed E-state index contributed by atoms with van der Waals surface area (Å²) >= 11 is 3.39. The minimum Gasteiger partial charge on any atom is -0.481 e. The molecule has 0 aromatic heterocycles. The summed E-state index contributed by atoms with van der Waals surface area (Å²) in [4.78, 5) is 11.8. The zero-order valence-corrected chi connectivity index (χ0v) is 12.9. The number of nitrogens with one attached hydrogen (secondary N) is 1. The quantitative estimate of drug-likeness (QED) is 0.905. The zero-order chi connectivity index (χ0) is 13.7. The van der Waals surface area contributed by atoms with Gasteiger partial charge in [-0.1, -0.05) is 35.8 Å². The maximum Gasteiger partial charge on any atom is 0.260 e. The van der Waals surface area contributed by atoms with Crippen LogP contribution in [0.1, 0.15) is 26.3 Å². The van der Waals surface area contributed by atoms with Gasteiger partial charge in [-0.05, 0) is 37.5 Å². The highest BCUT2D eigenvalue weighted by Gasteiger charge is 2.15. The first-order chi connectivity index (χ1) is 8.40. The van der Waals surface area contributed by atoms with Gasteiger partial charge < -0.3 is 10.1 Å². The Balaban J connectivity index is 2.60. The van der Waals surface area contributed by atoms with E-state index in [0.29, 0.717) is 12.5 Å². The molecule has 18 heavy (non-hydrogen) atoms. The number of carbonyl (C=O) groups excluding carboxylic acids is 1. The largest absolute Gasteiger partial charge is 0.481 e. The Kier molecular flexibility index (Phi) is 5.66. The van der Waals surface area contributed by atoms with Crippen LogP contribution in [0.3, 0.4) is 0 Å². The van der Waals surface area contributed by atoms with E-state index in [1.807, 2.05) is 25.1 Å². The van der Waals surface area contributed by atoms with Crippen molar-refractivity contribution in [3.8, 4) is 5.75 Å². The third kappa shape index (κ3) is 4.69. The fraction of sp³-hybridized carbons (Fsp3) is 0.500. The standard InChI is InChI=1S/C14H20BrNO2/c1-9(2)8-16-14(17)11(4)18-13-7-12(15)6-5-10(13)3/h5-7,9,11H,8H2,1-4H3,(H,16,17). The van der Waals surface area contributed by atoms with Gasteiger partial charge in [-0.15, -0.1) is 0 Å². The second kappa shape index (κ2) is 6.78. The monoisotopic (exact) mass is 313 g/mol. The smallest absolute Gasteiger partial charge is 0.260 e. The van der Waals surface area contributed by atoms with Crippen LogP contribution in [0.15, 0.2) is 22.7 Å². The van der Waals surface area contributed by atoms with E-state index in [9.17, 15) is 4.79 Å². The van der Waals surface area contributed by atoms with Crippen LogP contribution in [0.5, 0.6) is 5.75 Å². The normalized spacial score (nSPS) is 12.3. The van der Waals surface area contributed by atoms with E-state index in [0.717, 1.165) is 15.8 Å². The maximum absolute atomic E-state index is 11.8. The summed E-state index contributed by atoms with van der Waals surface area (Å²) in [6.45, 7) is 8.51. The van der Waals surface area contributed by atoms with Gasteiger partial charge in [0, 0.05) is 11.0 Å². The SMILES string of the molecule is Cc1ccc(Br)cc1OC(C)C(=O)NCC(C)C. The highest BCUT2D eigenvalue weighted by Crippen LogP contribution is 2.23. The molecule has 1 unspecified atom stereocenters. The first-order valence-corrected chi connectivity index (χ1v) is 6.90. The van der Waals surface area contributed by atoms with Crippen LogP contribution in [0.2, 0.25) is 0 Å². The number of aryl methyl sites for hydroxylation is 1. The highest BCUT2D eigenvalue weighted by molar-refractivity contribution is 9.10. The fourth-order valence-corrected chi connectivity index (χ4v) is 1.73. The van der Waals surface area contributed by atoms with Crippen molar-refractivity contribution in [2.45, 2.75) is 33.8 Å². The molecule has 3 nitrogen and oxygen atoms in total. The molecule has 100 valence electrons. The molecule has 0 saturated heterocycles. The summed E-state index contributed by atoms with van der Waals surface area (Å²) in [5.74, 6) is 1.09. The van der Waals surface area contributed by atoms with E-state index in [2.05, 4.69) is 35.1 Å². The number of carbonyl (C=O) groups is 1. The van der Waals surface area contributed by atoms with Crippen molar-refractivity contribution in [3.05, 3.63) is 28.2 Å². The lowest BCUT2D eigenvalue weighted by atomic mass is 10.2. The van der Waals surface area contributed by atoms with Gasteiger partial charge in [0.15, 0.2) is 6.10 Å². The molecule has 1 aromatic carbocycles. The Morgan fingerprint density at radius 3 is 2.67 bits per heavy atom. The minimum absolute atomic E-state index is 0.0805. The number of ether oxygens (including phenoxy) is 1. The van der Waals surface area contributed by atoms with Crippen LogP contribution in [-0.4, -0.2) is 18.6 Å². The van der Waals surface area contributed by atoms with Crippen LogP contribution in [0.4, 0.5) is 0 Å². The summed E-state index contributed by atoms with van der Waals surface area (Å²) in [6, 6.07) is 5.78. The lowest BCUT2D eigenvalue weighted by Crippen LogP contribution is -2.38. The Hall–Kier alpha value is -1.03. The molecule has 0 aliphatic heterocycles. The Morgan fingerprint density at radius 2 is 2.06 bits per heavy atom. The molecule has 0 saturated carbocycles. The third-order valence-corrected chi connectivity index (χ3v) is 3.00. The van der Waals surface area contributed by atoms with Gasteiger partial charge in [0.05, 0.1) is 0 Å². The van der Waals surface area contributed by atoms with Gasteiger partial charge in [-0.2, -0.15) is 0 Å². The number of rotatable bonds is 5. The highest BCUT2D eigenvalue weighted by atomic mass is 79.9. The molecule has 0 radical (unpaired) electrons. The van der Waals surface area contributed by atoms with Gasteiger partial charge in [0.25, 0.3) is 5.91 Å². The van der Waals surface area contributed by atoms with Crippen molar-refractivity contribution in [2.24, 2.45) is 5.92 Å². The lowest BCUT2D eigenvalue weighted by molar-refractivity contribution is -0.127. The summed E-state index contributed by atoms with van der Waals surface area (Å²) < 4.78 is 6.62. The molecular weight excluding hydrogens is 294 g/mol. The summed E-state index contributed by atoms with van der Waals surface area (Å²) in [5.41, 5.74) is 1.02. The Bertz CT molecular complexity index is 418. The molecule has 1 aromatic rings. The third-order valence-electron chi connectivity index (χ3n) is 2.51. The molecule has 0 spiro atoms. The van der Waals surface area contributed by atoms with E-state index in [4.69, 9.17) is 4.74 Å². The zero-order valence-electron chi connectivity index (χ0n) is 11.3. The van der Waals surface area contributed by atoms with E-state index >= 15 is 0 Å². The molecule has 1 N–H and O–H groups in total. The van der Waals surface area contributed by atoms with E-state index in [1.165, 1.54) is 0 Å². The molecule has 1 amide bonds. The van der Waals surface area contributed by atoms with Crippen molar-refractivity contribution < 1.29 is 9.53 Å². The average molecular weight is 314 g/mol. The van der Waals surface area contributed by atoms with Crippen LogP contribution in [0, 0.1) is 12.8 Å². The topological polar surface area (TPSA) is 38.3 Å². The van der Waals surface area contributed by atoms with Gasteiger partial charge in [-0.3, -0.25) is 4.79 Å². The molecule has 0 heterocycles. The van der Waals surface area contributed by atoms with E-state index in [-0.39, 0.29) is 5.91 Å². The summed E-state index contributed by atoms with van der Waals surface area (Å²) in [7, 11) is 0. The lowest BCUT2D eigenvalue weighted by Gasteiger charge is -2.17. The van der Waals surface area contributed by atoms with Gasteiger partial charge >= 0.3 is 0 Å². The van der Waals surface area contributed by atoms with Crippen LogP contribution >= 0.6 is 15.9 Å². The van der Waals surface area contributed by atoms with Gasteiger partial charge in [-0.25, -0.2) is 0 Å². The van der Waals surface area contributed by atoms with E-state index in [1.54, 1.807) is 6.92 Å². The maximum atomic E-state index is 11.8. The van der Waals surface area contributed by atoms with Gasteiger partial charge in [0.2, 0.25) is 0 Å². The minimum atomic E-state index is -0.489. The molecule has 1 rings (SSSR count). The average Bonchev–Trinajstić information content (AvgIpc) is 2.30.